The highest BCUT2D eigenvalue weighted by molar-refractivity contribution is 6.14. The van der Waals surface area contributed by atoms with Crippen LogP contribution in [0.1, 0.15) is 5.56 Å². The Morgan fingerprint density at radius 1 is 0.140 bits per heavy atom. The first-order chi connectivity index (χ1) is 63.8. The van der Waals surface area contributed by atoms with Gasteiger partial charge in [-0.25, -0.2) is 74.8 Å². The van der Waals surface area contributed by atoms with E-state index in [1.54, 1.807) is 0 Å². The van der Waals surface area contributed by atoms with Gasteiger partial charge in [0.2, 0.25) is 0 Å². The molecule has 0 spiro atoms. The second kappa shape index (κ2) is 32.8. The number of hydrogen-bond acceptors (Lipinski definition) is 15. The highest BCUT2D eigenvalue weighted by Crippen LogP contribution is 2.46. The minimum Gasteiger partial charge on any atom is -0.309 e. The maximum Gasteiger partial charge on any atom is 0.164 e. The van der Waals surface area contributed by atoms with Crippen LogP contribution in [0.15, 0.2) is 413 Å². The lowest BCUT2D eigenvalue weighted by Gasteiger charge is -2.20. The van der Waals surface area contributed by atoms with E-state index in [-0.39, 0.29) is 0 Å². The summed E-state index contributed by atoms with van der Waals surface area (Å²) >= 11 is 0. The molecule has 0 bridgehead atoms. The van der Waals surface area contributed by atoms with Crippen molar-refractivity contribution in [3.05, 3.63) is 418 Å². The molecule has 0 fully saturated rings. The summed E-state index contributed by atoms with van der Waals surface area (Å²) in [7, 11) is 0. The maximum absolute atomic E-state index is 5.44. The van der Waals surface area contributed by atoms with Crippen molar-refractivity contribution in [3.63, 3.8) is 0 Å². The van der Waals surface area contributed by atoms with Gasteiger partial charge < -0.3 is 9.13 Å². The molecule has 0 amide bonds. The maximum atomic E-state index is 5.44. The normalized spacial score (nSPS) is 11.4. The largest absolute Gasteiger partial charge is 0.309 e. The van der Waals surface area contributed by atoms with Crippen LogP contribution in [0.2, 0.25) is 0 Å². The van der Waals surface area contributed by atoms with E-state index >= 15 is 0 Å². The summed E-state index contributed by atoms with van der Waals surface area (Å²) in [6.07, 6.45) is 0. The number of aryl methyl sites for hydroxylation is 1. The van der Waals surface area contributed by atoms with Crippen molar-refractivity contribution in [2.75, 3.05) is 0 Å². The summed E-state index contributed by atoms with van der Waals surface area (Å²) in [6, 6.07) is 140. The van der Waals surface area contributed by atoms with E-state index in [1.165, 1.54) is 0 Å². The molecule has 0 N–H and O–H groups in total. The van der Waals surface area contributed by atoms with E-state index in [4.69, 9.17) is 74.8 Å². The number of hydrogen-bond donors (Lipinski definition) is 0. The molecule has 16 aromatic carbocycles. The number of benzene rings is 16. The molecule has 23 aromatic rings. The Hall–Kier alpha value is -17.8. The smallest absolute Gasteiger partial charge is 0.164 e. The van der Waals surface area contributed by atoms with Crippen LogP contribution >= 0.6 is 0 Å². The molecule has 0 aliphatic carbocycles. The SMILES string of the molecule is Cc1ccc(-c2cc(-c3nc(-c4ccccc4)nc(-c4ccccc4)n3)ccc2-n2c3ccc(-c4nc(-c5ccccc5)nc(-c5ccccc5)n4)cc3c3cc(-c4nc(-c5ccccc5)nc(-c5ccccc5)n4)ccc32)c(-n2c3ccc(-c4nc(-c5ccccc5)nc(-c5ccccc5)n4)cc3c3cc(-c4nc(-c5ccccc5)nc(-c5ccccc5)n4)ccc32)c1. The predicted molar refractivity (Wildman–Crippen MR) is 514 cm³/mol. The first kappa shape index (κ1) is 76.1. The van der Waals surface area contributed by atoms with Crippen LogP contribution in [0.4, 0.5) is 0 Å². The van der Waals surface area contributed by atoms with Crippen LogP contribution in [0.5, 0.6) is 0 Å². The molecule has 0 atom stereocenters. The van der Waals surface area contributed by atoms with Crippen molar-refractivity contribution >= 4 is 43.6 Å². The molecule has 7 heterocycles. The zero-order valence-electron chi connectivity index (χ0n) is 69.4. The summed E-state index contributed by atoms with van der Waals surface area (Å²) in [6.45, 7) is 2.15. The van der Waals surface area contributed by atoms with Gasteiger partial charge in [-0.2, -0.15) is 0 Å². The number of rotatable bonds is 18. The van der Waals surface area contributed by atoms with Crippen LogP contribution in [0.3, 0.4) is 0 Å². The van der Waals surface area contributed by atoms with E-state index in [2.05, 4.69) is 125 Å². The van der Waals surface area contributed by atoms with Gasteiger partial charge in [-0.3, -0.25) is 0 Å². The third kappa shape index (κ3) is 14.7. The van der Waals surface area contributed by atoms with Gasteiger partial charge in [0.25, 0.3) is 0 Å². The molecule has 0 aliphatic rings. The molecule has 0 saturated carbocycles. The lowest BCUT2D eigenvalue weighted by molar-refractivity contribution is 1.07. The highest BCUT2D eigenvalue weighted by atomic mass is 15.1. The number of nitrogens with zero attached hydrogens (tertiary/aromatic N) is 17. The first-order valence-corrected chi connectivity index (χ1v) is 42.6. The highest BCUT2D eigenvalue weighted by Gasteiger charge is 2.28. The molecule has 23 rings (SSSR count). The number of aromatic nitrogens is 17. The molecule has 129 heavy (non-hydrogen) atoms. The predicted octanol–water partition coefficient (Wildman–Crippen LogP) is 25.8. The van der Waals surface area contributed by atoms with Gasteiger partial charge in [-0.15, -0.1) is 0 Å². The molecule has 604 valence electrons. The summed E-state index contributed by atoms with van der Waals surface area (Å²) in [5.74, 6) is 7.96. The Kier molecular flexibility index (Phi) is 19.3. The fraction of sp³-hybridized carbons (Fsp3) is 0.00893. The van der Waals surface area contributed by atoms with E-state index in [1.807, 2.05) is 303 Å². The van der Waals surface area contributed by atoms with Crippen LogP contribution in [-0.4, -0.2) is 83.9 Å². The lowest BCUT2D eigenvalue weighted by atomic mass is 9.96. The fourth-order valence-electron chi connectivity index (χ4n) is 17.0. The summed E-state index contributed by atoms with van der Waals surface area (Å²) < 4.78 is 4.77. The fourth-order valence-corrected chi connectivity index (χ4v) is 17.0. The molecule has 0 saturated heterocycles. The monoisotopic (exact) mass is 1650 g/mol. The third-order valence-electron chi connectivity index (χ3n) is 23.2. The van der Waals surface area contributed by atoms with Crippen molar-refractivity contribution in [1.82, 2.24) is 83.9 Å². The second-order valence-corrected chi connectivity index (χ2v) is 31.5. The Balaban J connectivity index is 0.795. The van der Waals surface area contributed by atoms with Crippen molar-refractivity contribution < 1.29 is 0 Å². The first-order valence-electron chi connectivity index (χ1n) is 42.6. The third-order valence-corrected chi connectivity index (χ3v) is 23.2. The van der Waals surface area contributed by atoms with Gasteiger partial charge in [-0.05, 0) is 110 Å². The molecule has 0 unspecified atom stereocenters. The van der Waals surface area contributed by atoms with Gasteiger partial charge in [0, 0.05) is 116 Å². The van der Waals surface area contributed by atoms with E-state index in [0.29, 0.717) is 87.4 Å². The molecule has 17 heteroatoms. The van der Waals surface area contributed by atoms with Crippen LogP contribution < -0.4 is 0 Å². The molecular weight excluding hydrogens is 1580 g/mol. The minimum absolute atomic E-state index is 0.482. The molecule has 0 aliphatic heterocycles. The van der Waals surface area contributed by atoms with E-state index < -0.39 is 0 Å². The van der Waals surface area contributed by atoms with Crippen molar-refractivity contribution in [3.8, 4) is 193 Å². The average molecular weight is 1650 g/mol. The average Bonchev–Trinajstić information content (AvgIpc) is 1.58. The molecule has 0 radical (unpaired) electrons. The Labute approximate surface area is 741 Å². The lowest BCUT2D eigenvalue weighted by Crippen LogP contribution is -2.04. The van der Waals surface area contributed by atoms with Crippen molar-refractivity contribution in [2.24, 2.45) is 0 Å². The Morgan fingerprint density at radius 2 is 0.318 bits per heavy atom. The van der Waals surface area contributed by atoms with Crippen LogP contribution in [-0.2, 0) is 0 Å². The van der Waals surface area contributed by atoms with Gasteiger partial charge >= 0.3 is 0 Å². The van der Waals surface area contributed by atoms with Crippen LogP contribution in [0.25, 0.3) is 237 Å². The minimum atomic E-state index is 0.482. The van der Waals surface area contributed by atoms with Gasteiger partial charge in [0.15, 0.2) is 87.4 Å². The summed E-state index contributed by atoms with van der Waals surface area (Å²) in [5.41, 5.74) is 20.6. The Morgan fingerprint density at radius 3 is 0.527 bits per heavy atom. The second-order valence-electron chi connectivity index (χ2n) is 31.5. The Bertz CT molecular complexity index is 7540. The van der Waals surface area contributed by atoms with Gasteiger partial charge in [0.1, 0.15) is 0 Å². The molecule has 17 nitrogen and oxygen atoms in total. The summed E-state index contributed by atoms with van der Waals surface area (Å²) in [5, 5.41) is 3.66. The zero-order chi connectivity index (χ0) is 85.7. The topological polar surface area (TPSA) is 203 Å². The standard InChI is InChI=1S/C112H71N17/c1-70-52-58-86(97(64-70)129-95-62-56-84(111-124-104(77-44-24-8-25-45-77)116-105(125-111)78-46-26-9-27-47-78)68-90(95)91-69-85(57-63-96(91)129)112-126-106(79-48-28-10-29-49-79)117-107(127-112)80-50-30-11-31-51-80)87-65-81(108-118-98(71-32-12-2-13-33-71)113-99(119-108)72-34-14-3-15-35-72)53-59-92(87)128-93-60-54-82(109-120-100(73-36-16-4-17-37-73)114-101(121-109)74-38-18-5-19-39-74)66-88(93)89-67-83(55-61-94(89)128)110-122-102(75-40-20-6-21-41-75)115-103(123-110)76-42-22-7-23-43-76/h2-69H,1H3. The molecule has 7 aromatic heterocycles. The van der Waals surface area contributed by atoms with Crippen molar-refractivity contribution in [1.29, 1.82) is 0 Å². The zero-order valence-corrected chi connectivity index (χ0v) is 69.4. The van der Waals surface area contributed by atoms with Gasteiger partial charge in [0.05, 0.1) is 33.4 Å². The summed E-state index contributed by atoms with van der Waals surface area (Å²) in [4.78, 5) is 79.2. The van der Waals surface area contributed by atoms with Crippen LogP contribution in [0, 0.1) is 6.92 Å². The van der Waals surface area contributed by atoms with E-state index in [9.17, 15) is 0 Å². The molecular formula is C112H71N17. The number of fused-ring (bicyclic) bond motifs is 6. The van der Waals surface area contributed by atoms with Gasteiger partial charge in [-0.1, -0.05) is 315 Å². The quantitative estimate of drug-likeness (QED) is 0.0784. The van der Waals surface area contributed by atoms with Crippen molar-refractivity contribution in [2.45, 2.75) is 6.92 Å². The van der Waals surface area contributed by atoms with E-state index in [0.717, 1.165) is 155 Å².